The van der Waals surface area contributed by atoms with Crippen molar-refractivity contribution in [3.63, 3.8) is 0 Å². The molecular weight excluding hydrogens is 906 g/mol. The second kappa shape index (κ2) is 19.3. The molecule has 2 aromatic carbocycles. The molecule has 18 heteroatoms. The van der Waals surface area contributed by atoms with Crippen molar-refractivity contribution in [2.24, 2.45) is 11.3 Å². The Balaban J connectivity index is 0.824. The fourth-order valence-corrected chi connectivity index (χ4v) is 12.1. The summed E-state index contributed by atoms with van der Waals surface area (Å²) in [6.45, 7) is 6.26. The standard InChI is InChI=1S/C51H62FN7O9S/c1-50(61)17-15-33(16-18-50)26-53-43-14-13-37(24-45(43)59(62)63)69(64,65)56-48(60)35(28-67-46-25-41-42(52)27-54-47(41)55-49(46)68-36-29-66-30-36)6-5-21-57-22-19-51(20-23-57)31-58(32-51)44-10-4-9-40(44)39-8-3-2-7-38(39)34-11-12-34/h2-3,5-8,13-14,21,24-25,27,33-34,36,40,44,53,61H,4,9-12,15-20,22-23,26,28-32H2,1H3,(H,54,55)(H,56,60)/b21-5+,35-6+/t33?,40-,44-,50?/m1/s1. The number of hydrogen-bond donors (Lipinski definition) is 4. The number of sulfonamides is 1. The van der Waals surface area contributed by atoms with Crippen LogP contribution in [0.3, 0.4) is 0 Å². The highest BCUT2D eigenvalue weighted by Gasteiger charge is 2.49. The van der Waals surface area contributed by atoms with Crippen LogP contribution in [-0.4, -0.2) is 114 Å². The fraction of sp³-hybridized carbons (Fsp3) is 0.529. The first kappa shape index (κ1) is 47.1. The Kier molecular flexibility index (Phi) is 13.2. The number of nitrogens with zero attached hydrogens (tertiary/aromatic N) is 4. The number of nitro benzene ring substituents is 1. The van der Waals surface area contributed by atoms with Crippen LogP contribution in [0.5, 0.6) is 11.6 Å². The molecule has 10 rings (SSSR count). The van der Waals surface area contributed by atoms with Gasteiger partial charge in [0.05, 0.1) is 39.6 Å². The molecule has 3 saturated carbocycles. The van der Waals surface area contributed by atoms with Gasteiger partial charge in [-0.25, -0.2) is 17.5 Å². The highest BCUT2D eigenvalue weighted by molar-refractivity contribution is 7.90. The number of pyridine rings is 1. The van der Waals surface area contributed by atoms with Gasteiger partial charge in [0, 0.05) is 51.0 Å². The molecule has 5 heterocycles. The van der Waals surface area contributed by atoms with E-state index < -0.39 is 49.5 Å². The molecule has 0 radical (unpaired) electrons. The van der Waals surface area contributed by atoms with Crippen LogP contribution in [0.25, 0.3) is 11.0 Å². The van der Waals surface area contributed by atoms with Crippen LogP contribution in [0.1, 0.15) is 101 Å². The largest absolute Gasteiger partial charge is 0.483 e. The molecule has 0 bridgehead atoms. The number of fused-ring (bicyclic) bond motifs is 1. The van der Waals surface area contributed by atoms with Crippen LogP contribution < -0.4 is 19.5 Å². The molecular formula is C51H62FN7O9S. The van der Waals surface area contributed by atoms with Gasteiger partial charge in [0.1, 0.15) is 29.9 Å². The number of H-pyrrole nitrogens is 1. The van der Waals surface area contributed by atoms with Crippen molar-refractivity contribution in [1.29, 1.82) is 0 Å². The predicted octanol–water partition coefficient (Wildman–Crippen LogP) is 7.68. The Hall–Kier alpha value is -5.56. The van der Waals surface area contributed by atoms with Gasteiger partial charge >= 0.3 is 0 Å². The van der Waals surface area contributed by atoms with E-state index in [4.69, 9.17) is 14.2 Å². The molecule has 16 nitrogen and oxygen atoms in total. The lowest BCUT2D eigenvalue weighted by atomic mass is 9.70. The average molecular weight is 968 g/mol. The maximum Gasteiger partial charge on any atom is 0.293 e. The first-order valence-corrected chi connectivity index (χ1v) is 26.0. The van der Waals surface area contributed by atoms with Gasteiger partial charge in [0.2, 0.25) is 0 Å². The van der Waals surface area contributed by atoms with Gasteiger partial charge in [-0.3, -0.25) is 19.8 Å². The number of aromatic amines is 1. The highest BCUT2D eigenvalue weighted by atomic mass is 32.2. The third-order valence-corrected chi connectivity index (χ3v) is 16.8. The summed E-state index contributed by atoms with van der Waals surface area (Å²) in [6.07, 6.45) is 17.1. The lowest BCUT2D eigenvalue weighted by Crippen LogP contribution is -2.63. The van der Waals surface area contributed by atoms with Gasteiger partial charge < -0.3 is 34.5 Å². The number of anilines is 1. The summed E-state index contributed by atoms with van der Waals surface area (Å²) in [5, 5.41) is 25.8. The summed E-state index contributed by atoms with van der Waals surface area (Å²) < 4.78 is 61.8. The van der Waals surface area contributed by atoms with Crippen LogP contribution in [0.2, 0.25) is 0 Å². The number of carbonyl (C=O) groups excluding carboxylic acids is 1. The number of hydrogen-bond acceptors (Lipinski definition) is 13. The van der Waals surface area contributed by atoms with Crippen molar-refractivity contribution in [1.82, 2.24) is 24.5 Å². The van der Waals surface area contributed by atoms with Crippen molar-refractivity contribution < 1.29 is 41.8 Å². The first-order valence-electron chi connectivity index (χ1n) is 24.5. The van der Waals surface area contributed by atoms with Crippen molar-refractivity contribution >= 4 is 38.3 Å². The quantitative estimate of drug-likeness (QED) is 0.0348. The summed E-state index contributed by atoms with van der Waals surface area (Å²) in [4.78, 5) is 37.2. The van der Waals surface area contributed by atoms with Crippen LogP contribution in [0.15, 0.2) is 83.5 Å². The number of likely N-dealkylation sites (tertiary alicyclic amines) is 2. The number of allylic oxidation sites excluding steroid dienone is 2. The van der Waals surface area contributed by atoms with Crippen LogP contribution in [0, 0.1) is 27.3 Å². The van der Waals surface area contributed by atoms with Crippen molar-refractivity contribution in [3.05, 3.63) is 106 Å². The van der Waals surface area contributed by atoms with Crippen LogP contribution >= 0.6 is 0 Å². The molecule has 3 aliphatic heterocycles. The molecule has 6 aliphatic rings. The number of benzene rings is 2. The third-order valence-electron chi connectivity index (χ3n) is 15.5. The summed E-state index contributed by atoms with van der Waals surface area (Å²) in [7, 11) is -4.64. The second-order valence-electron chi connectivity index (χ2n) is 20.6. The Morgan fingerprint density at radius 1 is 1.04 bits per heavy atom. The second-order valence-corrected chi connectivity index (χ2v) is 22.2. The van der Waals surface area contributed by atoms with Crippen LogP contribution in [-0.2, 0) is 19.6 Å². The lowest BCUT2D eigenvalue weighted by Gasteiger charge is -2.57. The zero-order chi connectivity index (χ0) is 47.9. The Morgan fingerprint density at radius 3 is 2.51 bits per heavy atom. The van der Waals surface area contributed by atoms with Gasteiger partial charge in [-0.2, -0.15) is 4.98 Å². The zero-order valence-corrected chi connectivity index (χ0v) is 39.9. The summed E-state index contributed by atoms with van der Waals surface area (Å²) >= 11 is 0. The van der Waals surface area contributed by atoms with E-state index >= 15 is 0 Å². The molecule has 1 spiro atoms. The number of nitrogens with one attached hydrogen (secondary N) is 3. The number of amides is 1. The molecule has 4 N–H and O–H groups in total. The number of piperidine rings is 1. The van der Waals surface area contributed by atoms with Crippen LogP contribution in [0.4, 0.5) is 15.8 Å². The number of carbonyl (C=O) groups is 1. The highest BCUT2D eigenvalue weighted by Crippen LogP contribution is 2.50. The van der Waals surface area contributed by atoms with Gasteiger partial charge in [-0.15, -0.1) is 0 Å². The van der Waals surface area contributed by atoms with Gasteiger partial charge in [-0.05, 0) is 142 Å². The van der Waals surface area contributed by atoms with E-state index in [1.54, 1.807) is 24.1 Å². The SMILES string of the molecule is CC1(O)CCC(CNc2ccc(S(=O)(=O)NC(=O)/C(=C/C=C/N3CCC4(CC3)CN([C@@H]3CCC[C@@H]3c3ccccc3C3CC3)C4)COc3cc4c(F)c[nH]c4nc3OC3COC3)cc2[N+](=O)[O-])CC1. The molecule has 3 aliphatic carbocycles. The van der Waals surface area contributed by atoms with E-state index in [1.165, 1.54) is 56.4 Å². The number of nitro groups is 1. The maximum atomic E-state index is 14.8. The normalized spacial score (nSPS) is 25.4. The lowest BCUT2D eigenvalue weighted by molar-refractivity contribution is -0.384. The average Bonchev–Trinajstić information content (AvgIpc) is 3.94. The number of rotatable bonds is 17. The smallest absolute Gasteiger partial charge is 0.293 e. The Bertz CT molecular complexity index is 2730. The number of halogens is 1. The molecule has 6 fully saturated rings. The minimum absolute atomic E-state index is 0.0303. The van der Waals surface area contributed by atoms with E-state index in [-0.39, 0.29) is 51.4 Å². The molecule has 368 valence electrons. The molecule has 4 aromatic rings. The zero-order valence-electron chi connectivity index (χ0n) is 39.0. The number of aliphatic hydroxyl groups is 1. The number of ether oxygens (including phenoxy) is 3. The van der Waals surface area contributed by atoms with E-state index in [1.807, 2.05) is 6.20 Å². The number of aromatic nitrogens is 2. The maximum absolute atomic E-state index is 14.8. The molecule has 2 atom stereocenters. The topological polar surface area (TPSA) is 201 Å². The van der Waals surface area contributed by atoms with Crippen molar-refractivity contribution in [3.8, 4) is 11.6 Å². The summed E-state index contributed by atoms with van der Waals surface area (Å²) in [5.74, 6) is -0.00297. The fourth-order valence-electron chi connectivity index (χ4n) is 11.1. The van der Waals surface area contributed by atoms with E-state index in [2.05, 4.69) is 54.1 Å². The van der Waals surface area contributed by atoms with Gasteiger partial charge in [0.15, 0.2) is 5.75 Å². The van der Waals surface area contributed by atoms with Gasteiger partial charge in [-0.1, -0.05) is 30.7 Å². The monoisotopic (exact) mass is 967 g/mol. The van der Waals surface area contributed by atoms with E-state index in [9.17, 15) is 32.8 Å². The minimum atomic E-state index is -4.64. The Morgan fingerprint density at radius 2 is 1.80 bits per heavy atom. The van der Waals surface area contributed by atoms with Crippen molar-refractivity contribution in [2.75, 3.05) is 57.9 Å². The molecule has 2 aromatic heterocycles. The van der Waals surface area contributed by atoms with Gasteiger partial charge in [0.25, 0.3) is 27.5 Å². The van der Waals surface area contributed by atoms with Crippen molar-refractivity contribution in [2.45, 2.75) is 112 Å². The molecule has 69 heavy (non-hydrogen) atoms. The molecule has 0 unspecified atom stereocenters. The van der Waals surface area contributed by atoms with E-state index in [0.717, 1.165) is 70.0 Å². The Labute approximate surface area is 401 Å². The van der Waals surface area contributed by atoms with E-state index in [0.29, 0.717) is 44.6 Å². The molecule has 1 amide bonds. The third kappa shape index (κ3) is 10.5. The minimum Gasteiger partial charge on any atom is -0.483 e. The summed E-state index contributed by atoms with van der Waals surface area (Å²) in [5.41, 5.74) is 2.51. The predicted molar refractivity (Wildman–Crippen MR) is 257 cm³/mol. The summed E-state index contributed by atoms with van der Waals surface area (Å²) in [6, 6.07) is 14.6. The first-order chi connectivity index (χ1) is 33.2. The molecule has 3 saturated heterocycles.